The molecule has 0 radical (unpaired) electrons. The predicted molar refractivity (Wildman–Crippen MR) is 95.0 cm³/mol. The highest BCUT2D eigenvalue weighted by Gasteiger charge is 2.18. The third kappa shape index (κ3) is 2.76. The number of hydrogen-bond donors (Lipinski definition) is 1. The Labute approximate surface area is 142 Å². The average molecular weight is 339 g/mol. The van der Waals surface area contributed by atoms with Crippen molar-refractivity contribution >= 4 is 40.2 Å². The molecule has 0 amide bonds. The Balaban J connectivity index is 1.89. The van der Waals surface area contributed by atoms with Crippen LogP contribution >= 0.6 is 22.9 Å². The molecule has 2 aromatic heterocycles. The van der Waals surface area contributed by atoms with E-state index in [2.05, 4.69) is 15.5 Å². The summed E-state index contributed by atoms with van der Waals surface area (Å²) in [6.07, 6.45) is 3.47. The van der Waals surface area contributed by atoms with E-state index in [0.717, 1.165) is 27.4 Å². The van der Waals surface area contributed by atoms with Crippen LogP contribution in [0.15, 0.2) is 70.3 Å². The fraction of sp³-hybridized carbons (Fsp3) is 0. The third-order valence-corrected chi connectivity index (χ3v) is 4.54. The van der Waals surface area contributed by atoms with E-state index in [1.165, 1.54) is 0 Å². The molecule has 4 nitrogen and oxygen atoms in total. The van der Waals surface area contributed by atoms with Gasteiger partial charge in [0.15, 0.2) is 5.84 Å². The Morgan fingerprint density at radius 2 is 1.91 bits per heavy atom. The number of hydrazone groups is 1. The lowest BCUT2D eigenvalue weighted by Crippen LogP contribution is -2.19. The van der Waals surface area contributed by atoms with Gasteiger partial charge in [0.25, 0.3) is 0 Å². The molecule has 0 aliphatic carbocycles. The molecule has 4 rings (SSSR count). The number of aliphatic imine (C=N–C) groups is 1. The monoisotopic (exact) mass is 338 g/mol. The van der Waals surface area contributed by atoms with Crippen LogP contribution < -0.4 is 5.43 Å². The van der Waals surface area contributed by atoms with Gasteiger partial charge in [-0.1, -0.05) is 17.7 Å². The van der Waals surface area contributed by atoms with E-state index in [9.17, 15) is 0 Å². The van der Waals surface area contributed by atoms with Crippen molar-refractivity contribution in [1.82, 2.24) is 10.4 Å². The number of nitrogens with zero attached hydrogens (tertiary/aromatic N) is 3. The van der Waals surface area contributed by atoms with E-state index >= 15 is 0 Å². The summed E-state index contributed by atoms with van der Waals surface area (Å²) in [5, 5.41) is 7.26. The van der Waals surface area contributed by atoms with Crippen LogP contribution in [0.2, 0.25) is 5.02 Å². The standard InChI is InChI=1S/C17H11ClN4S/c18-12-3-4-14-13(10-12)16(15-2-1-9-23-15)21-22-17(20-14)11-5-7-19-8-6-11/h1-10H,(H,20,22). The summed E-state index contributed by atoms with van der Waals surface area (Å²) in [4.78, 5) is 9.82. The van der Waals surface area contributed by atoms with E-state index in [1.54, 1.807) is 23.7 Å². The second kappa shape index (κ2) is 5.95. The van der Waals surface area contributed by atoms with Crippen LogP contribution in [0.5, 0.6) is 0 Å². The van der Waals surface area contributed by atoms with E-state index in [-0.39, 0.29) is 0 Å². The van der Waals surface area contributed by atoms with Crippen LogP contribution in [0.25, 0.3) is 0 Å². The van der Waals surface area contributed by atoms with Crippen molar-refractivity contribution in [3.8, 4) is 0 Å². The molecule has 1 N–H and O–H groups in total. The number of nitrogens with one attached hydrogen (secondary N) is 1. The Morgan fingerprint density at radius 1 is 1.04 bits per heavy atom. The molecule has 0 spiro atoms. The maximum atomic E-state index is 6.18. The van der Waals surface area contributed by atoms with Gasteiger partial charge in [-0.3, -0.25) is 10.4 Å². The highest BCUT2D eigenvalue weighted by atomic mass is 35.5. The first kappa shape index (κ1) is 14.1. The van der Waals surface area contributed by atoms with Crippen molar-refractivity contribution in [2.45, 2.75) is 0 Å². The van der Waals surface area contributed by atoms with Gasteiger partial charge >= 0.3 is 0 Å². The topological polar surface area (TPSA) is 49.6 Å². The minimum atomic E-state index is 0.663. The van der Waals surface area contributed by atoms with Crippen LogP contribution in [0, 0.1) is 0 Å². The van der Waals surface area contributed by atoms with Crippen LogP contribution in [0.3, 0.4) is 0 Å². The summed E-state index contributed by atoms with van der Waals surface area (Å²) in [5.41, 5.74) is 6.59. The quantitative estimate of drug-likeness (QED) is 0.760. The molecule has 6 heteroatoms. The number of aromatic nitrogens is 1. The minimum Gasteiger partial charge on any atom is -0.265 e. The largest absolute Gasteiger partial charge is 0.265 e. The van der Waals surface area contributed by atoms with Crippen LogP contribution in [-0.4, -0.2) is 16.5 Å². The van der Waals surface area contributed by atoms with E-state index < -0.39 is 0 Å². The predicted octanol–water partition coefficient (Wildman–Crippen LogP) is 4.23. The summed E-state index contributed by atoms with van der Waals surface area (Å²) in [6, 6.07) is 13.5. The Hall–Kier alpha value is -2.50. The maximum absolute atomic E-state index is 6.18. The van der Waals surface area contributed by atoms with Gasteiger partial charge in [0.05, 0.1) is 10.6 Å². The Morgan fingerprint density at radius 3 is 2.70 bits per heavy atom. The molecule has 0 fully saturated rings. The number of thiophene rings is 1. The summed E-state index contributed by atoms with van der Waals surface area (Å²) >= 11 is 7.81. The average Bonchev–Trinajstić information content (AvgIpc) is 3.04. The van der Waals surface area contributed by atoms with E-state index in [0.29, 0.717) is 10.9 Å². The zero-order valence-electron chi connectivity index (χ0n) is 11.9. The normalized spacial score (nSPS) is 13.4. The lowest BCUT2D eigenvalue weighted by molar-refractivity contribution is 1.03. The Kier molecular flexibility index (Phi) is 3.65. The van der Waals surface area contributed by atoms with E-state index in [4.69, 9.17) is 16.6 Å². The summed E-state index contributed by atoms with van der Waals surface area (Å²) in [5.74, 6) is 0.683. The maximum Gasteiger partial charge on any atom is 0.154 e. The van der Waals surface area contributed by atoms with Crippen molar-refractivity contribution in [3.63, 3.8) is 0 Å². The van der Waals surface area contributed by atoms with Gasteiger partial charge in [0, 0.05) is 28.5 Å². The highest BCUT2D eigenvalue weighted by molar-refractivity contribution is 7.12. The first-order valence-corrected chi connectivity index (χ1v) is 8.23. The van der Waals surface area contributed by atoms with Crippen molar-refractivity contribution < 1.29 is 0 Å². The molecule has 1 aliphatic rings. The highest BCUT2D eigenvalue weighted by Crippen LogP contribution is 2.29. The van der Waals surface area contributed by atoms with Gasteiger partial charge in [0.1, 0.15) is 5.71 Å². The van der Waals surface area contributed by atoms with Crippen molar-refractivity contribution in [2.24, 2.45) is 10.1 Å². The molecule has 23 heavy (non-hydrogen) atoms. The van der Waals surface area contributed by atoms with E-state index in [1.807, 2.05) is 47.8 Å². The molecule has 0 unspecified atom stereocenters. The van der Waals surface area contributed by atoms with Gasteiger partial charge in [0.2, 0.25) is 0 Å². The number of fused-ring (bicyclic) bond motifs is 1. The molecule has 1 aromatic carbocycles. The van der Waals surface area contributed by atoms with Gasteiger partial charge in [-0.25, -0.2) is 4.99 Å². The smallest absolute Gasteiger partial charge is 0.154 e. The summed E-state index contributed by atoms with van der Waals surface area (Å²) in [7, 11) is 0. The summed E-state index contributed by atoms with van der Waals surface area (Å²) in [6.45, 7) is 0. The molecular weight excluding hydrogens is 328 g/mol. The number of halogens is 1. The third-order valence-electron chi connectivity index (χ3n) is 3.43. The van der Waals surface area contributed by atoms with Crippen LogP contribution in [0.4, 0.5) is 5.69 Å². The minimum absolute atomic E-state index is 0.663. The molecule has 112 valence electrons. The molecule has 3 heterocycles. The zero-order chi connectivity index (χ0) is 15.6. The molecule has 3 aromatic rings. The second-order valence-corrected chi connectivity index (χ2v) is 6.29. The second-order valence-electron chi connectivity index (χ2n) is 4.91. The lowest BCUT2D eigenvalue weighted by Gasteiger charge is -2.05. The molecular formula is C17H11ClN4S. The van der Waals surface area contributed by atoms with Gasteiger partial charge < -0.3 is 0 Å². The number of amidine groups is 1. The fourth-order valence-electron chi connectivity index (χ4n) is 2.35. The first-order chi connectivity index (χ1) is 11.3. The van der Waals surface area contributed by atoms with Gasteiger partial charge in [-0.15, -0.1) is 11.3 Å². The fourth-order valence-corrected chi connectivity index (χ4v) is 3.25. The van der Waals surface area contributed by atoms with Gasteiger partial charge in [-0.2, -0.15) is 5.10 Å². The number of pyridine rings is 1. The van der Waals surface area contributed by atoms with Crippen molar-refractivity contribution in [1.29, 1.82) is 0 Å². The molecule has 1 aliphatic heterocycles. The summed E-state index contributed by atoms with van der Waals surface area (Å²) < 4.78 is 0. The van der Waals surface area contributed by atoms with Crippen LogP contribution in [-0.2, 0) is 0 Å². The number of benzene rings is 1. The van der Waals surface area contributed by atoms with Crippen molar-refractivity contribution in [2.75, 3.05) is 0 Å². The molecule has 0 saturated heterocycles. The first-order valence-electron chi connectivity index (χ1n) is 6.98. The number of rotatable bonds is 2. The van der Waals surface area contributed by atoms with Gasteiger partial charge in [-0.05, 0) is 41.8 Å². The van der Waals surface area contributed by atoms with Crippen molar-refractivity contribution in [3.05, 3.63) is 81.3 Å². The Bertz CT molecular complexity index is 902. The lowest BCUT2D eigenvalue weighted by atomic mass is 10.1. The van der Waals surface area contributed by atoms with Crippen LogP contribution in [0.1, 0.15) is 16.0 Å². The number of hydrogen-bond acceptors (Lipinski definition) is 5. The molecule has 0 atom stereocenters. The zero-order valence-corrected chi connectivity index (χ0v) is 13.5. The SMILES string of the molecule is Clc1ccc2c(c1)C(c1cccs1)=NNC(c1ccncc1)=N2. The molecule has 0 saturated carbocycles. The molecule has 0 bridgehead atoms.